The van der Waals surface area contributed by atoms with Crippen molar-refractivity contribution in [1.82, 2.24) is 4.98 Å². The van der Waals surface area contributed by atoms with Crippen LogP contribution in [0.25, 0.3) is 0 Å². The molecule has 1 heterocycles. The predicted molar refractivity (Wildman–Crippen MR) is 67.6 cm³/mol. The highest BCUT2D eigenvalue weighted by atomic mass is 16.3. The molecule has 0 saturated heterocycles. The van der Waals surface area contributed by atoms with Gasteiger partial charge in [0.2, 0.25) is 0 Å². The Labute approximate surface area is 97.9 Å². The van der Waals surface area contributed by atoms with Gasteiger partial charge in [0.25, 0.3) is 0 Å². The first-order chi connectivity index (χ1) is 7.76. The fourth-order valence-electron chi connectivity index (χ4n) is 1.82. The number of aromatic nitrogens is 1. The minimum atomic E-state index is 0.271. The van der Waals surface area contributed by atoms with Gasteiger partial charge in [-0.05, 0) is 43.4 Å². The highest BCUT2D eigenvalue weighted by molar-refractivity contribution is 5.36. The molecule has 1 aromatic heterocycles. The zero-order chi connectivity index (χ0) is 11.8. The van der Waals surface area contributed by atoms with Gasteiger partial charge in [0.1, 0.15) is 5.82 Å². The lowest BCUT2D eigenvalue weighted by Crippen LogP contribution is -2.16. The number of rotatable bonds is 7. The topological polar surface area (TPSA) is 45.1 Å². The maximum atomic E-state index is 8.96. The molecule has 3 heteroatoms. The Kier molecular flexibility index (Phi) is 5.86. The summed E-state index contributed by atoms with van der Waals surface area (Å²) in [4.78, 5) is 4.26. The highest BCUT2D eigenvalue weighted by Gasteiger charge is 2.07. The van der Waals surface area contributed by atoms with Crippen LogP contribution in [0.3, 0.4) is 0 Å². The first kappa shape index (κ1) is 13.0. The first-order valence-electron chi connectivity index (χ1n) is 6.03. The van der Waals surface area contributed by atoms with Crippen LogP contribution in [0.2, 0.25) is 0 Å². The van der Waals surface area contributed by atoms with Crippen molar-refractivity contribution in [2.45, 2.75) is 33.1 Å². The summed E-state index contributed by atoms with van der Waals surface area (Å²) in [5.74, 6) is 1.47. The normalized spacial score (nSPS) is 12.4. The number of nitrogens with one attached hydrogen (secondary N) is 1. The summed E-state index contributed by atoms with van der Waals surface area (Å²) in [6.45, 7) is 5.40. The van der Waals surface area contributed by atoms with Crippen molar-refractivity contribution < 1.29 is 5.11 Å². The number of hydrogen-bond acceptors (Lipinski definition) is 3. The third kappa shape index (κ3) is 4.62. The second kappa shape index (κ2) is 7.23. The summed E-state index contributed by atoms with van der Waals surface area (Å²) in [7, 11) is 0. The Bertz CT molecular complexity index is 296. The maximum absolute atomic E-state index is 8.96. The molecule has 0 saturated carbocycles. The van der Waals surface area contributed by atoms with E-state index in [1.165, 1.54) is 5.56 Å². The fourth-order valence-corrected chi connectivity index (χ4v) is 1.82. The minimum absolute atomic E-state index is 0.271. The van der Waals surface area contributed by atoms with E-state index in [4.69, 9.17) is 5.11 Å². The Morgan fingerprint density at radius 1 is 1.44 bits per heavy atom. The molecule has 0 aromatic carbocycles. The molecule has 1 aromatic rings. The Hall–Kier alpha value is -1.09. The average molecular weight is 222 g/mol. The van der Waals surface area contributed by atoms with E-state index < -0.39 is 0 Å². The van der Waals surface area contributed by atoms with E-state index in [1.807, 2.05) is 18.3 Å². The maximum Gasteiger partial charge on any atom is 0.126 e. The molecular formula is C13H22N2O. The van der Waals surface area contributed by atoms with Crippen molar-refractivity contribution >= 4 is 5.82 Å². The molecule has 2 N–H and O–H groups in total. The Balaban J connectivity index is 2.41. The monoisotopic (exact) mass is 222 g/mol. The van der Waals surface area contributed by atoms with Gasteiger partial charge in [-0.3, -0.25) is 0 Å². The standard InChI is InChI=1S/C13H22N2O/c1-3-4-12(6-8-16)10-15-13-9-11(2)5-7-14-13/h5,7,9,12,16H,3-4,6,8,10H2,1-2H3,(H,14,15). The van der Waals surface area contributed by atoms with Gasteiger partial charge in [-0.15, -0.1) is 0 Å². The molecule has 0 aliphatic heterocycles. The number of aryl methyl sites for hydroxylation is 1. The molecule has 0 amide bonds. The van der Waals surface area contributed by atoms with E-state index >= 15 is 0 Å². The summed E-state index contributed by atoms with van der Waals surface area (Å²) >= 11 is 0. The molecule has 1 atom stereocenters. The van der Waals surface area contributed by atoms with Gasteiger partial charge < -0.3 is 10.4 Å². The SMILES string of the molecule is CCCC(CCO)CNc1cc(C)ccn1. The molecule has 0 spiro atoms. The number of hydrogen-bond donors (Lipinski definition) is 2. The molecule has 3 nitrogen and oxygen atoms in total. The van der Waals surface area contributed by atoms with E-state index in [2.05, 4.69) is 24.1 Å². The molecule has 90 valence electrons. The van der Waals surface area contributed by atoms with Crippen LogP contribution in [0, 0.1) is 12.8 Å². The molecule has 0 aliphatic carbocycles. The van der Waals surface area contributed by atoms with Gasteiger partial charge in [0.15, 0.2) is 0 Å². The lowest BCUT2D eigenvalue weighted by Gasteiger charge is -2.16. The molecule has 0 radical (unpaired) electrons. The van der Waals surface area contributed by atoms with Crippen LogP contribution in [0.1, 0.15) is 31.7 Å². The molecule has 1 rings (SSSR count). The van der Waals surface area contributed by atoms with E-state index in [9.17, 15) is 0 Å². The fraction of sp³-hybridized carbons (Fsp3) is 0.615. The molecule has 0 fully saturated rings. The van der Waals surface area contributed by atoms with Gasteiger partial charge >= 0.3 is 0 Å². The van der Waals surface area contributed by atoms with Gasteiger partial charge in [-0.2, -0.15) is 0 Å². The minimum Gasteiger partial charge on any atom is -0.396 e. The van der Waals surface area contributed by atoms with E-state index in [1.54, 1.807) is 0 Å². The van der Waals surface area contributed by atoms with Crippen molar-refractivity contribution in [3.63, 3.8) is 0 Å². The van der Waals surface area contributed by atoms with Gasteiger partial charge in [0, 0.05) is 19.3 Å². The lowest BCUT2D eigenvalue weighted by atomic mass is 10.0. The quantitative estimate of drug-likeness (QED) is 0.745. The Morgan fingerprint density at radius 2 is 2.25 bits per heavy atom. The molecule has 0 aliphatic rings. The molecular weight excluding hydrogens is 200 g/mol. The first-order valence-corrected chi connectivity index (χ1v) is 6.03. The van der Waals surface area contributed by atoms with Crippen LogP contribution < -0.4 is 5.32 Å². The van der Waals surface area contributed by atoms with E-state index in [-0.39, 0.29) is 6.61 Å². The molecule has 0 bridgehead atoms. The summed E-state index contributed by atoms with van der Waals surface area (Å²) in [5, 5.41) is 12.3. The number of anilines is 1. The molecule has 1 unspecified atom stereocenters. The number of pyridine rings is 1. The highest BCUT2D eigenvalue weighted by Crippen LogP contribution is 2.12. The van der Waals surface area contributed by atoms with Crippen molar-refractivity contribution in [2.75, 3.05) is 18.5 Å². The summed E-state index contributed by atoms with van der Waals surface area (Å²) in [6.07, 6.45) is 5.00. The third-order valence-corrected chi connectivity index (χ3v) is 2.72. The van der Waals surface area contributed by atoms with Gasteiger partial charge in [-0.25, -0.2) is 4.98 Å². The molecule has 16 heavy (non-hydrogen) atoms. The lowest BCUT2D eigenvalue weighted by molar-refractivity contribution is 0.255. The van der Waals surface area contributed by atoms with Crippen LogP contribution >= 0.6 is 0 Å². The van der Waals surface area contributed by atoms with Crippen molar-refractivity contribution in [3.8, 4) is 0 Å². The van der Waals surface area contributed by atoms with Crippen molar-refractivity contribution in [2.24, 2.45) is 5.92 Å². The van der Waals surface area contributed by atoms with E-state index in [0.29, 0.717) is 5.92 Å². The predicted octanol–water partition coefficient (Wildman–Crippen LogP) is 2.60. The number of nitrogens with zero attached hydrogens (tertiary/aromatic N) is 1. The summed E-state index contributed by atoms with van der Waals surface area (Å²) in [5.41, 5.74) is 1.21. The van der Waals surface area contributed by atoms with Crippen molar-refractivity contribution in [3.05, 3.63) is 23.9 Å². The van der Waals surface area contributed by atoms with Gasteiger partial charge in [-0.1, -0.05) is 13.3 Å². The summed E-state index contributed by atoms with van der Waals surface area (Å²) in [6, 6.07) is 4.03. The van der Waals surface area contributed by atoms with Crippen molar-refractivity contribution in [1.29, 1.82) is 0 Å². The number of aliphatic hydroxyl groups excluding tert-OH is 1. The van der Waals surface area contributed by atoms with E-state index in [0.717, 1.165) is 31.6 Å². The second-order valence-electron chi connectivity index (χ2n) is 4.27. The Morgan fingerprint density at radius 3 is 2.88 bits per heavy atom. The third-order valence-electron chi connectivity index (χ3n) is 2.72. The second-order valence-corrected chi connectivity index (χ2v) is 4.27. The zero-order valence-corrected chi connectivity index (χ0v) is 10.2. The zero-order valence-electron chi connectivity index (χ0n) is 10.2. The van der Waals surface area contributed by atoms with Crippen LogP contribution in [0.5, 0.6) is 0 Å². The van der Waals surface area contributed by atoms with Crippen LogP contribution in [-0.4, -0.2) is 23.2 Å². The van der Waals surface area contributed by atoms with Gasteiger partial charge in [0.05, 0.1) is 0 Å². The van der Waals surface area contributed by atoms with Crippen LogP contribution in [-0.2, 0) is 0 Å². The van der Waals surface area contributed by atoms with Crippen LogP contribution in [0.15, 0.2) is 18.3 Å². The largest absolute Gasteiger partial charge is 0.396 e. The number of aliphatic hydroxyl groups is 1. The van der Waals surface area contributed by atoms with Crippen LogP contribution in [0.4, 0.5) is 5.82 Å². The average Bonchev–Trinajstić information content (AvgIpc) is 2.27. The smallest absolute Gasteiger partial charge is 0.126 e. The summed E-state index contributed by atoms with van der Waals surface area (Å²) < 4.78 is 0.